The van der Waals surface area contributed by atoms with E-state index < -0.39 is 0 Å². The van der Waals surface area contributed by atoms with Crippen LogP contribution >= 0.6 is 11.8 Å². The smallest absolute Gasteiger partial charge is 0.0237 e. The quantitative estimate of drug-likeness (QED) is 0.914. The van der Waals surface area contributed by atoms with Crippen molar-refractivity contribution in [2.75, 3.05) is 18.8 Å². The van der Waals surface area contributed by atoms with Gasteiger partial charge in [0.05, 0.1) is 0 Å². The van der Waals surface area contributed by atoms with Crippen LogP contribution in [0.25, 0.3) is 0 Å². The highest BCUT2D eigenvalue weighted by molar-refractivity contribution is 7.99. The van der Waals surface area contributed by atoms with Crippen LogP contribution in [0.2, 0.25) is 0 Å². The molecule has 2 rings (SSSR count). The third-order valence-electron chi connectivity index (χ3n) is 3.65. The number of rotatable bonds is 4. The molecule has 0 spiro atoms. The van der Waals surface area contributed by atoms with E-state index in [4.69, 9.17) is 0 Å². The number of nitrogens with one attached hydrogen (secondary N) is 1. The molecule has 2 nitrogen and oxygen atoms in total. The molecule has 1 aromatic rings. The summed E-state index contributed by atoms with van der Waals surface area (Å²) >= 11 is 2.10. The molecule has 1 unspecified atom stereocenters. The van der Waals surface area contributed by atoms with Crippen molar-refractivity contribution in [2.45, 2.75) is 51.6 Å². The third-order valence-corrected chi connectivity index (χ3v) is 4.78. The number of nitrogens with zero attached hydrogens (tertiary/aromatic N) is 1. The summed E-state index contributed by atoms with van der Waals surface area (Å²) in [6.07, 6.45) is 0. The Morgan fingerprint density at radius 1 is 1.25 bits per heavy atom. The largest absolute Gasteiger partial charge is 0.308 e. The Bertz CT molecular complexity index is 425. The van der Waals surface area contributed by atoms with E-state index in [1.165, 1.54) is 30.0 Å². The van der Waals surface area contributed by atoms with Crippen LogP contribution in [0, 0.1) is 0 Å². The SMILES string of the molecule is CC1CN(Cc2ccccc2CNC(C)(C)C)CCS1. The van der Waals surface area contributed by atoms with Gasteiger partial charge in [0.25, 0.3) is 0 Å². The lowest BCUT2D eigenvalue weighted by Crippen LogP contribution is -2.37. The second-order valence-electron chi connectivity index (χ2n) is 6.79. The highest BCUT2D eigenvalue weighted by atomic mass is 32.2. The zero-order chi connectivity index (χ0) is 14.6. The summed E-state index contributed by atoms with van der Waals surface area (Å²) in [5, 5.41) is 4.37. The fourth-order valence-electron chi connectivity index (χ4n) is 2.52. The lowest BCUT2D eigenvalue weighted by atomic mass is 10.0. The Labute approximate surface area is 128 Å². The van der Waals surface area contributed by atoms with Crippen molar-refractivity contribution in [3.05, 3.63) is 35.4 Å². The van der Waals surface area contributed by atoms with Crippen LogP contribution in [-0.2, 0) is 13.1 Å². The predicted octanol–water partition coefficient (Wildman–Crippen LogP) is 3.51. The molecule has 1 fully saturated rings. The van der Waals surface area contributed by atoms with Gasteiger partial charge in [0, 0.05) is 42.7 Å². The van der Waals surface area contributed by atoms with E-state index in [9.17, 15) is 0 Å². The molecular weight excluding hydrogens is 264 g/mol. The molecule has 0 amide bonds. The Morgan fingerprint density at radius 2 is 1.95 bits per heavy atom. The summed E-state index contributed by atoms with van der Waals surface area (Å²) in [5.41, 5.74) is 3.08. The summed E-state index contributed by atoms with van der Waals surface area (Å²) in [5.74, 6) is 1.27. The molecule has 20 heavy (non-hydrogen) atoms. The van der Waals surface area contributed by atoms with Crippen molar-refractivity contribution in [1.82, 2.24) is 10.2 Å². The van der Waals surface area contributed by atoms with Gasteiger partial charge < -0.3 is 5.32 Å². The fourth-order valence-corrected chi connectivity index (χ4v) is 3.60. The number of thioether (sulfide) groups is 1. The first-order valence-electron chi connectivity index (χ1n) is 7.60. The molecule has 0 bridgehead atoms. The first-order valence-corrected chi connectivity index (χ1v) is 8.65. The average Bonchev–Trinajstić information content (AvgIpc) is 2.37. The van der Waals surface area contributed by atoms with E-state index in [1.54, 1.807) is 0 Å². The van der Waals surface area contributed by atoms with Crippen molar-refractivity contribution in [2.24, 2.45) is 0 Å². The molecule has 0 saturated carbocycles. The molecule has 1 aromatic carbocycles. The first kappa shape index (κ1) is 15.9. The lowest BCUT2D eigenvalue weighted by Gasteiger charge is -2.31. The maximum atomic E-state index is 3.60. The Morgan fingerprint density at radius 3 is 2.60 bits per heavy atom. The van der Waals surface area contributed by atoms with Crippen LogP contribution in [0.1, 0.15) is 38.8 Å². The van der Waals surface area contributed by atoms with E-state index >= 15 is 0 Å². The lowest BCUT2D eigenvalue weighted by molar-refractivity contribution is 0.277. The maximum absolute atomic E-state index is 3.60. The second kappa shape index (κ2) is 6.97. The minimum atomic E-state index is 0.170. The van der Waals surface area contributed by atoms with Gasteiger partial charge in [0.2, 0.25) is 0 Å². The van der Waals surface area contributed by atoms with Gasteiger partial charge in [-0.05, 0) is 31.9 Å². The maximum Gasteiger partial charge on any atom is 0.0237 e. The van der Waals surface area contributed by atoms with Crippen molar-refractivity contribution in [1.29, 1.82) is 0 Å². The van der Waals surface area contributed by atoms with E-state index in [-0.39, 0.29) is 5.54 Å². The Hall–Kier alpha value is -0.510. The predicted molar refractivity (Wildman–Crippen MR) is 90.2 cm³/mol. The molecule has 0 aromatic heterocycles. The van der Waals surface area contributed by atoms with Crippen LogP contribution in [0.3, 0.4) is 0 Å². The molecule has 1 N–H and O–H groups in total. The molecule has 0 aliphatic carbocycles. The standard InChI is InChI=1S/C17H28N2S/c1-14-12-19(9-10-20-14)13-16-8-6-5-7-15(16)11-18-17(2,3)4/h5-8,14,18H,9-13H2,1-4H3. The van der Waals surface area contributed by atoms with Crippen LogP contribution in [0.5, 0.6) is 0 Å². The zero-order valence-corrected chi connectivity index (χ0v) is 14.1. The van der Waals surface area contributed by atoms with E-state index in [0.717, 1.165) is 18.3 Å². The second-order valence-corrected chi connectivity index (χ2v) is 8.34. The summed E-state index contributed by atoms with van der Waals surface area (Å²) in [4.78, 5) is 2.59. The Kier molecular flexibility index (Phi) is 5.53. The van der Waals surface area contributed by atoms with Crippen molar-refractivity contribution in [3.8, 4) is 0 Å². The van der Waals surface area contributed by atoms with Crippen molar-refractivity contribution >= 4 is 11.8 Å². The number of benzene rings is 1. The highest BCUT2D eigenvalue weighted by Gasteiger charge is 2.18. The fraction of sp³-hybridized carbons (Fsp3) is 0.647. The minimum Gasteiger partial charge on any atom is -0.308 e. The first-order chi connectivity index (χ1) is 9.44. The van der Waals surface area contributed by atoms with Gasteiger partial charge in [-0.15, -0.1) is 0 Å². The zero-order valence-electron chi connectivity index (χ0n) is 13.3. The Balaban J connectivity index is 2.00. The molecule has 1 saturated heterocycles. The molecular formula is C17H28N2S. The molecule has 1 aliphatic rings. The molecule has 1 heterocycles. The number of hydrogen-bond donors (Lipinski definition) is 1. The van der Waals surface area contributed by atoms with Crippen LogP contribution in [0.15, 0.2) is 24.3 Å². The number of hydrogen-bond acceptors (Lipinski definition) is 3. The summed E-state index contributed by atoms with van der Waals surface area (Å²) in [6, 6.07) is 8.86. The van der Waals surface area contributed by atoms with Gasteiger partial charge in [-0.3, -0.25) is 4.90 Å². The molecule has 1 atom stereocenters. The summed E-state index contributed by atoms with van der Waals surface area (Å²) in [6.45, 7) is 13.5. The minimum absolute atomic E-state index is 0.170. The van der Waals surface area contributed by atoms with E-state index in [1.807, 2.05) is 0 Å². The van der Waals surface area contributed by atoms with E-state index in [0.29, 0.717) is 0 Å². The van der Waals surface area contributed by atoms with Crippen LogP contribution < -0.4 is 5.32 Å². The topological polar surface area (TPSA) is 15.3 Å². The highest BCUT2D eigenvalue weighted by Crippen LogP contribution is 2.21. The van der Waals surface area contributed by atoms with Gasteiger partial charge in [-0.2, -0.15) is 11.8 Å². The molecule has 1 aliphatic heterocycles. The van der Waals surface area contributed by atoms with Crippen molar-refractivity contribution in [3.63, 3.8) is 0 Å². The van der Waals surface area contributed by atoms with E-state index in [2.05, 4.69) is 73.9 Å². The van der Waals surface area contributed by atoms with Gasteiger partial charge in [-0.1, -0.05) is 31.2 Å². The normalized spacial score (nSPS) is 21.1. The van der Waals surface area contributed by atoms with Gasteiger partial charge in [0.1, 0.15) is 0 Å². The average molecular weight is 292 g/mol. The van der Waals surface area contributed by atoms with Crippen LogP contribution in [0.4, 0.5) is 0 Å². The van der Waals surface area contributed by atoms with Gasteiger partial charge >= 0.3 is 0 Å². The monoisotopic (exact) mass is 292 g/mol. The molecule has 112 valence electrons. The van der Waals surface area contributed by atoms with Gasteiger partial charge in [0.15, 0.2) is 0 Å². The molecule has 3 heteroatoms. The van der Waals surface area contributed by atoms with Gasteiger partial charge in [-0.25, -0.2) is 0 Å². The van der Waals surface area contributed by atoms with Crippen LogP contribution in [-0.4, -0.2) is 34.5 Å². The summed E-state index contributed by atoms with van der Waals surface area (Å²) < 4.78 is 0. The summed E-state index contributed by atoms with van der Waals surface area (Å²) in [7, 11) is 0. The van der Waals surface area contributed by atoms with Crippen molar-refractivity contribution < 1.29 is 0 Å². The third kappa shape index (κ3) is 5.12. The molecule has 0 radical (unpaired) electrons.